The van der Waals surface area contributed by atoms with Crippen molar-refractivity contribution in [2.24, 2.45) is 5.73 Å². The summed E-state index contributed by atoms with van der Waals surface area (Å²) in [5.41, 5.74) is 6.35. The number of hydrogen-bond acceptors (Lipinski definition) is 2. The van der Waals surface area contributed by atoms with E-state index >= 15 is 0 Å². The lowest BCUT2D eigenvalue weighted by Gasteiger charge is -1.98. The molecule has 0 unspecified atom stereocenters. The molecule has 0 saturated carbocycles. The molecule has 0 spiro atoms. The van der Waals surface area contributed by atoms with Gasteiger partial charge in [0.15, 0.2) is 0 Å². The summed E-state index contributed by atoms with van der Waals surface area (Å²) < 4.78 is 13.2. The van der Waals surface area contributed by atoms with Crippen molar-refractivity contribution < 1.29 is 4.39 Å². The molecule has 0 bridgehead atoms. The van der Waals surface area contributed by atoms with Crippen molar-refractivity contribution >= 4 is 22.9 Å². The fourth-order valence-corrected chi connectivity index (χ4v) is 2.29. The van der Waals surface area contributed by atoms with Gasteiger partial charge in [0.05, 0.1) is 5.02 Å². The summed E-state index contributed by atoms with van der Waals surface area (Å²) in [7, 11) is 0. The minimum atomic E-state index is -0.392. The minimum absolute atomic E-state index is 0.148. The Morgan fingerprint density at radius 2 is 2.07 bits per heavy atom. The standard InChI is InChI=1S/C11H9ClFNS/c12-9-3-1-7(5-10(9)13)11-4-2-8(6-14)15-11/h1-5H,6,14H2. The van der Waals surface area contributed by atoms with Gasteiger partial charge in [0.25, 0.3) is 0 Å². The maximum atomic E-state index is 13.2. The molecule has 15 heavy (non-hydrogen) atoms. The van der Waals surface area contributed by atoms with Crippen LogP contribution in [0.25, 0.3) is 10.4 Å². The maximum Gasteiger partial charge on any atom is 0.142 e. The number of halogens is 2. The molecule has 1 heterocycles. The van der Waals surface area contributed by atoms with Crippen molar-refractivity contribution in [3.63, 3.8) is 0 Å². The second kappa shape index (κ2) is 4.31. The smallest absolute Gasteiger partial charge is 0.142 e. The highest BCUT2D eigenvalue weighted by molar-refractivity contribution is 7.15. The van der Waals surface area contributed by atoms with Gasteiger partial charge in [0.2, 0.25) is 0 Å². The van der Waals surface area contributed by atoms with Crippen LogP contribution in [-0.4, -0.2) is 0 Å². The van der Waals surface area contributed by atoms with Crippen LogP contribution < -0.4 is 5.73 Å². The van der Waals surface area contributed by atoms with Gasteiger partial charge in [-0.1, -0.05) is 17.7 Å². The minimum Gasteiger partial charge on any atom is -0.326 e. The summed E-state index contributed by atoms with van der Waals surface area (Å²) in [6, 6.07) is 8.70. The average molecular weight is 242 g/mol. The second-order valence-corrected chi connectivity index (χ2v) is 4.67. The average Bonchev–Trinajstić information content (AvgIpc) is 2.70. The number of hydrogen-bond donors (Lipinski definition) is 1. The Morgan fingerprint density at radius 1 is 1.27 bits per heavy atom. The van der Waals surface area contributed by atoms with Gasteiger partial charge in [-0.15, -0.1) is 11.3 Å². The molecule has 0 aliphatic carbocycles. The van der Waals surface area contributed by atoms with Gasteiger partial charge >= 0.3 is 0 Å². The van der Waals surface area contributed by atoms with Crippen LogP contribution in [-0.2, 0) is 6.54 Å². The van der Waals surface area contributed by atoms with Gasteiger partial charge in [0, 0.05) is 16.3 Å². The fraction of sp³-hybridized carbons (Fsp3) is 0.0909. The summed E-state index contributed by atoms with van der Waals surface area (Å²) in [5.74, 6) is -0.392. The quantitative estimate of drug-likeness (QED) is 0.853. The maximum absolute atomic E-state index is 13.2. The van der Waals surface area contributed by atoms with Gasteiger partial charge in [-0.25, -0.2) is 4.39 Å². The Hall–Kier alpha value is -0.900. The molecule has 1 aromatic heterocycles. The van der Waals surface area contributed by atoms with Crippen molar-refractivity contribution in [3.8, 4) is 10.4 Å². The number of thiophene rings is 1. The molecule has 0 aliphatic heterocycles. The van der Waals surface area contributed by atoms with Gasteiger partial charge in [-0.2, -0.15) is 0 Å². The number of nitrogens with two attached hydrogens (primary N) is 1. The van der Waals surface area contributed by atoms with E-state index in [4.69, 9.17) is 17.3 Å². The zero-order valence-electron chi connectivity index (χ0n) is 7.84. The lowest BCUT2D eigenvalue weighted by molar-refractivity contribution is 0.629. The summed E-state index contributed by atoms with van der Waals surface area (Å²) in [4.78, 5) is 2.09. The summed E-state index contributed by atoms with van der Waals surface area (Å²) in [6.07, 6.45) is 0. The van der Waals surface area contributed by atoms with Crippen LogP contribution in [0.3, 0.4) is 0 Å². The Kier molecular flexibility index (Phi) is 3.05. The first-order valence-electron chi connectivity index (χ1n) is 4.45. The van der Waals surface area contributed by atoms with Crippen molar-refractivity contribution in [1.82, 2.24) is 0 Å². The molecule has 0 aliphatic rings. The predicted octanol–water partition coefficient (Wildman–Crippen LogP) is 3.67. The summed E-state index contributed by atoms with van der Waals surface area (Å²) in [5, 5.41) is 0.148. The Morgan fingerprint density at radius 3 is 2.67 bits per heavy atom. The Bertz CT molecular complexity index is 481. The van der Waals surface area contributed by atoms with Crippen LogP contribution in [0.15, 0.2) is 30.3 Å². The molecule has 0 amide bonds. The SMILES string of the molecule is NCc1ccc(-c2ccc(Cl)c(F)c2)s1. The van der Waals surface area contributed by atoms with E-state index in [1.807, 2.05) is 12.1 Å². The van der Waals surface area contributed by atoms with E-state index in [2.05, 4.69) is 0 Å². The zero-order valence-corrected chi connectivity index (χ0v) is 9.41. The van der Waals surface area contributed by atoms with Gasteiger partial charge in [-0.3, -0.25) is 0 Å². The molecule has 78 valence electrons. The first-order valence-corrected chi connectivity index (χ1v) is 5.64. The molecular weight excluding hydrogens is 233 g/mol. The van der Waals surface area contributed by atoms with Gasteiger partial charge < -0.3 is 5.73 Å². The van der Waals surface area contributed by atoms with Crippen LogP contribution in [0.1, 0.15) is 4.88 Å². The lowest BCUT2D eigenvalue weighted by atomic mass is 10.2. The van der Waals surface area contributed by atoms with Crippen molar-refractivity contribution in [2.45, 2.75) is 6.54 Å². The van der Waals surface area contributed by atoms with E-state index in [0.717, 1.165) is 15.3 Å². The topological polar surface area (TPSA) is 26.0 Å². The number of benzene rings is 1. The van der Waals surface area contributed by atoms with E-state index in [9.17, 15) is 4.39 Å². The third-order valence-electron chi connectivity index (χ3n) is 2.07. The van der Waals surface area contributed by atoms with E-state index in [1.165, 1.54) is 6.07 Å². The first-order chi connectivity index (χ1) is 7.20. The normalized spacial score (nSPS) is 10.6. The molecule has 4 heteroatoms. The van der Waals surface area contributed by atoms with Crippen molar-refractivity contribution in [3.05, 3.63) is 46.0 Å². The second-order valence-electron chi connectivity index (χ2n) is 3.10. The summed E-state index contributed by atoms with van der Waals surface area (Å²) in [6.45, 7) is 0.515. The Labute approximate surface area is 96.3 Å². The third-order valence-corrected chi connectivity index (χ3v) is 3.53. The van der Waals surface area contributed by atoms with Crippen molar-refractivity contribution in [1.29, 1.82) is 0 Å². The highest BCUT2D eigenvalue weighted by Crippen LogP contribution is 2.30. The lowest BCUT2D eigenvalue weighted by Crippen LogP contribution is -1.91. The third kappa shape index (κ3) is 2.20. The van der Waals surface area contributed by atoms with Gasteiger partial charge in [-0.05, 0) is 29.8 Å². The molecule has 0 atom stereocenters. The molecule has 1 aromatic carbocycles. The molecule has 2 rings (SSSR count). The van der Waals surface area contributed by atoms with E-state index in [1.54, 1.807) is 23.5 Å². The van der Waals surface area contributed by atoms with Crippen molar-refractivity contribution in [2.75, 3.05) is 0 Å². The monoisotopic (exact) mass is 241 g/mol. The van der Waals surface area contributed by atoms with Crippen LogP contribution >= 0.6 is 22.9 Å². The molecule has 0 saturated heterocycles. The Balaban J connectivity index is 2.40. The van der Waals surface area contributed by atoms with E-state index in [0.29, 0.717) is 6.54 Å². The predicted molar refractivity (Wildman–Crippen MR) is 62.6 cm³/mol. The molecule has 0 fully saturated rings. The van der Waals surface area contributed by atoms with Crippen LogP contribution in [0.2, 0.25) is 5.02 Å². The van der Waals surface area contributed by atoms with Crippen LogP contribution in [0.5, 0.6) is 0 Å². The summed E-state index contributed by atoms with van der Waals surface area (Å²) >= 11 is 7.17. The first kappa shape index (κ1) is 10.6. The molecule has 1 nitrogen and oxygen atoms in total. The molecule has 2 N–H and O–H groups in total. The molecular formula is C11H9ClFNS. The molecule has 0 radical (unpaired) electrons. The highest BCUT2D eigenvalue weighted by atomic mass is 35.5. The van der Waals surface area contributed by atoms with Crippen LogP contribution in [0.4, 0.5) is 4.39 Å². The van der Waals surface area contributed by atoms with Crippen LogP contribution in [0, 0.1) is 5.82 Å². The number of rotatable bonds is 2. The zero-order chi connectivity index (χ0) is 10.8. The van der Waals surface area contributed by atoms with Gasteiger partial charge in [0.1, 0.15) is 5.82 Å². The van der Waals surface area contributed by atoms with E-state index < -0.39 is 5.82 Å². The fourth-order valence-electron chi connectivity index (χ4n) is 1.29. The largest absolute Gasteiger partial charge is 0.326 e. The molecule has 2 aromatic rings. The highest BCUT2D eigenvalue weighted by Gasteiger charge is 2.05. The van der Waals surface area contributed by atoms with E-state index in [-0.39, 0.29) is 5.02 Å².